The van der Waals surface area contributed by atoms with Gasteiger partial charge in [0.25, 0.3) is 5.91 Å². The molecule has 0 radical (unpaired) electrons. The van der Waals surface area contributed by atoms with E-state index in [1.807, 2.05) is 25.2 Å². The molecule has 158 valence electrons. The van der Waals surface area contributed by atoms with Crippen molar-refractivity contribution >= 4 is 33.5 Å². The average Bonchev–Trinajstić information content (AvgIpc) is 3.19. The summed E-state index contributed by atoms with van der Waals surface area (Å²) in [5.74, 6) is 0.950. The van der Waals surface area contributed by atoms with E-state index in [9.17, 15) is 4.79 Å². The van der Waals surface area contributed by atoms with Gasteiger partial charge in [0.05, 0.1) is 55.2 Å². The molecule has 0 saturated carbocycles. The molecule has 0 aliphatic carbocycles. The summed E-state index contributed by atoms with van der Waals surface area (Å²) >= 11 is 0. The van der Waals surface area contributed by atoms with E-state index >= 15 is 0 Å². The third kappa shape index (κ3) is 3.05. The standard InChI is InChI=1S/C22H22N6O3/c1-27(19-11-31-10-12-6-13(30-3)4-5-14(12)19)22(29)17-7-15-18(9-24-17)26-21(23)16-8-25-28(2)20(15)16/h4-9,19H,10-11H2,1-3H3,(H2,23,26)/t19-/m0/s1. The van der Waals surface area contributed by atoms with Gasteiger partial charge in [-0.15, -0.1) is 0 Å². The maximum absolute atomic E-state index is 13.4. The van der Waals surface area contributed by atoms with Crippen LogP contribution in [0.3, 0.4) is 0 Å². The summed E-state index contributed by atoms with van der Waals surface area (Å²) in [6.45, 7) is 0.907. The van der Waals surface area contributed by atoms with E-state index < -0.39 is 0 Å². The number of hydrogen-bond donors (Lipinski definition) is 1. The number of carbonyl (C=O) groups is 1. The molecule has 0 fully saturated rings. The van der Waals surface area contributed by atoms with Crippen molar-refractivity contribution in [1.82, 2.24) is 24.6 Å². The van der Waals surface area contributed by atoms with E-state index in [1.54, 1.807) is 42.2 Å². The van der Waals surface area contributed by atoms with E-state index in [-0.39, 0.29) is 11.9 Å². The highest BCUT2D eigenvalue weighted by atomic mass is 16.5. The molecule has 2 N–H and O–H groups in total. The van der Waals surface area contributed by atoms with Crippen molar-refractivity contribution < 1.29 is 14.3 Å². The van der Waals surface area contributed by atoms with Crippen LogP contribution in [-0.2, 0) is 18.4 Å². The van der Waals surface area contributed by atoms with Crippen LogP contribution in [0, 0.1) is 0 Å². The van der Waals surface area contributed by atoms with Crippen LogP contribution < -0.4 is 10.5 Å². The topological polar surface area (TPSA) is 108 Å². The number of ether oxygens (including phenoxy) is 2. The molecule has 3 aromatic heterocycles. The maximum atomic E-state index is 13.4. The number of likely N-dealkylation sites (N-methyl/N-ethyl adjacent to an activating group) is 1. The van der Waals surface area contributed by atoms with Gasteiger partial charge in [-0.3, -0.25) is 9.48 Å². The van der Waals surface area contributed by atoms with Gasteiger partial charge in [0, 0.05) is 19.5 Å². The Balaban J connectivity index is 1.54. The lowest BCUT2D eigenvalue weighted by molar-refractivity contribution is 0.0342. The van der Waals surface area contributed by atoms with Gasteiger partial charge in [0.2, 0.25) is 0 Å². The zero-order chi connectivity index (χ0) is 21.7. The molecule has 1 amide bonds. The predicted molar refractivity (Wildman–Crippen MR) is 116 cm³/mol. The average molecular weight is 418 g/mol. The predicted octanol–water partition coefficient (Wildman–Crippen LogP) is 2.45. The smallest absolute Gasteiger partial charge is 0.272 e. The van der Waals surface area contributed by atoms with E-state index in [0.717, 1.165) is 33.2 Å². The lowest BCUT2D eigenvalue weighted by Gasteiger charge is -2.33. The number of aryl methyl sites for hydroxylation is 1. The minimum absolute atomic E-state index is 0.202. The van der Waals surface area contributed by atoms with Crippen LogP contribution in [0.25, 0.3) is 21.8 Å². The maximum Gasteiger partial charge on any atom is 0.272 e. The normalized spacial score (nSPS) is 15.8. The number of nitrogens with two attached hydrogens (primary N) is 1. The fourth-order valence-corrected chi connectivity index (χ4v) is 4.15. The van der Waals surface area contributed by atoms with Crippen LogP contribution >= 0.6 is 0 Å². The third-order valence-corrected chi connectivity index (χ3v) is 5.84. The van der Waals surface area contributed by atoms with Crippen LogP contribution in [0.4, 0.5) is 5.82 Å². The molecule has 1 aliphatic heterocycles. The molecular weight excluding hydrogens is 396 g/mol. The second-order valence-electron chi connectivity index (χ2n) is 7.63. The van der Waals surface area contributed by atoms with Crippen LogP contribution in [0.15, 0.2) is 36.7 Å². The SMILES string of the molecule is COc1ccc2c(c1)COC[C@@H]2N(C)C(=O)c1cc2c(cn1)nc(N)c1cnn(C)c12. The molecule has 4 heterocycles. The summed E-state index contributed by atoms with van der Waals surface area (Å²) in [5.41, 5.74) is 9.88. The number of fused-ring (bicyclic) bond motifs is 4. The Hall–Kier alpha value is -3.72. The van der Waals surface area contributed by atoms with Crippen molar-refractivity contribution in [3.05, 3.63) is 53.5 Å². The Morgan fingerprint density at radius 1 is 1.29 bits per heavy atom. The minimum Gasteiger partial charge on any atom is -0.497 e. The quantitative estimate of drug-likeness (QED) is 0.544. The number of carbonyl (C=O) groups excluding carboxylic acids is 1. The number of amides is 1. The Labute approximate surface area is 178 Å². The first-order valence-electron chi connectivity index (χ1n) is 9.86. The fourth-order valence-electron chi connectivity index (χ4n) is 4.15. The molecule has 9 heteroatoms. The molecule has 4 aromatic rings. The van der Waals surface area contributed by atoms with Crippen molar-refractivity contribution in [2.75, 3.05) is 26.5 Å². The summed E-state index contributed by atoms with van der Waals surface area (Å²) in [6, 6.07) is 7.37. The molecule has 1 aromatic carbocycles. The zero-order valence-electron chi connectivity index (χ0n) is 17.5. The first kappa shape index (κ1) is 19.3. The summed E-state index contributed by atoms with van der Waals surface area (Å²) in [4.78, 5) is 23.8. The fraction of sp³-hybridized carbons (Fsp3) is 0.273. The van der Waals surface area contributed by atoms with Gasteiger partial charge >= 0.3 is 0 Å². The molecule has 1 aliphatic rings. The van der Waals surface area contributed by atoms with E-state index in [4.69, 9.17) is 15.2 Å². The number of anilines is 1. The molecule has 9 nitrogen and oxygen atoms in total. The Morgan fingerprint density at radius 3 is 2.94 bits per heavy atom. The molecule has 0 bridgehead atoms. The van der Waals surface area contributed by atoms with Gasteiger partial charge in [-0.25, -0.2) is 9.97 Å². The molecule has 0 unspecified atom stereocenters. The molecule has 0 saturated heterocycles. The molecule has 1 atom stereocenters. The van der Waals surface area contributed by atoms with E-state index in [0.29, 0.717) is 30.2 Å². The van der Waals surface area contributed by atoms with Crippen molar-refractivity contribution in [1.29, 1.82) is 0 Å². The molecule has 31 heavy (non-hydrogen) atoms. The highest BCUT2D eigenvalue weighted by molar-refractivity contribution is 6.09. The van der Waals surface area contributed by atoms with Gasteiger partial charge in [-0.05, 0) is 29.3 Å². The lowest BCUT2D eigenvalue weighted by Crippen LogP contribution is -2.36. The number of benzene rings is 1. The summed E-state index contributed by atoms with van der Waals surface area (Å²) in [6.07, 6.45) is 3.26. The summed E-state index contributed by atoms with van der Waals surface area (Å²) in [7, 11) is 5.23. The summed E-state index contributed by atoms with van der Waals surface area (Å²) in [5, 5.41) is 5.81. The lowest BCUT2D eigenvalue weighted by atomic mass is 9.97. The Kier molecular flexibility index (Phi) is 4.48. The molecular formula is C22H22N6O3. The van der Waals surface area contributed by atoms with Crippen molar-refractivity contribution in [3.63, 3.8) is 0 Å². The highest BCUT2D eigenvalue weighted by Crippen LogP contribution is 2.33. The largest absolute Gasteiger partial charge is 0.497 e. The number of pyridine rings is 2. The van der Waals surface area contributed by atoms with Gasteiger partial charge in [0.1, 0.15) is 17.3 Å². The van der Waals surface area contributed by atoms with E-state index in [1.165, 1.54) is 0 Å². The Morgan fingerprint density at radius 2 is 2.13 bits per heavy atom. The first-order valence-corrected chi connectivity index (χ1v) is 9.86. The molecule has 0 spiro atoms. The minimum atomic E-state index is -0.221. The third-order valence-electron chi connectivity index (χ3n) is 5.84. The second-order valence-corrected chi connectivity index (χ2v) is 7.63. The number of aromatic nitrogens is 4. The zero-order valence-corrected chi connectivity index (χ0v) is 17.5. The van der Waals surface area contributed by atoms with Gasteiger partial charge in [-0.1, -0.05) is 6.07 Å². The van der Waals surface area contributed by atoms with E-state index in [2.05, 4.69) is 15.1 Å². The number of nitrogens with zero attached hydrogens (tertiary/aromatic N) is 5. The number of methoxy groups -OCH3 is 1. The first-order chi connectivity index (χ1) is 15.0. The van der Waals surface area contributed by atoms with Crippen LogP contribution in [0.1, 0.15) is 27.7 Å². The van der Waals surface area contributed by atoms with Gasteiger partial charge in [0.15, 0.2) is 0 Å². The van der Waals surface area contributed by atoms with Crippen molar-refractivity contribution in [3.8, 4) is 5.75 Å². The van der Waals surface area contributed by atoms with Crippen molar-refractivity contribution in [2.45, 2.75) is 12.6 Å². The summed E-state index contributed by atoms with van der Waals surface area (Å²) < 4.78 is 12.8. The highest BCUT2D eigenvalue weighted by Gasteiger charge is 2.29. The van der Waals surface area contributed by atoms with Crippen LogP contribution in [0.2, 0.25) is 0 Å². The second kappa shape index (κ2) is 7.21. The van der Waals surface area contributed by atoms with Crippen LogP contribution in [-0.4, -0.2) is 51.3 Å². The van der Waals surface area contributed by atoms with Crippen LogP contribution in [0.5, 0.6) is 5.75 Å². The monoisotopic (exact) mass is 418 g/mol. The van der Waals surface area contributed by atoms with Crippen molar-refractivity contribution in [2.24, 2.45) is 7.05 Å². The molecule has 5 rings (SSSR count). The number of nitrogen functional groups attached to an aromatic ring is 1. The Bertz CT molecular complexity index is 1330. The van der Waals surface area contributed by atoms with Gasteiger partial charge < -0.3 is 20.1 Å². The van der Waals surface area contributed by atoms with Gasteiger partial charge in [-0.2, -0.15) is 5.10 Å². The number of rotatable bonds is 3. The number of hydrogen-bond acceptors (Lipinski definition) is 7.